The van der Waals surface area contributed by atoms with Crippen molar-refractivity contribution in [1.29, 1.82) is 0 Å². The average molecular weight is 399 g/mol. The van der Waals surface area contributed by atoms with E-state index in [1.54, 1.807) is 16.8 Å². The van der Waals surface area contributed by atoms with E-state index < -0.39 is 11.7 Å². The molecular formula is C18H24F3N5S. The Morgan fingerprint density at radius 2 is 2.00 bits per heavy atom. The van der Waals surface area contributed by atoms with Crippen LogP contribution in [0.5, 0.6) is 0 Å². The quantitative estimate of drug-likeness (QED) is 0.551. The van der Waals surface area contributed by atoms with Gasteiger partial charge < -0.3 is 15.5 Å². The largest absolute Gasteiger partial charge is 0.416 e. The van der Waals surface area contributed by atoms with E-state index >= 15 is 0 Å². The summed E-state index contributed by atoms with van der Waals surface area (Å²) in [4.78, 5) is 2.09. The molecule has 0 fully saturated rings. The Morgan fingerprint density at radius 1 is 1.26 bits per heavy atom. The maximum Gasteiger partial charge on any atom is 0.416 e. The maximum absolute atomic E-state index is 12.8. The number of aromatic nitrogens is 2. The summed E-state index contributed by atoms with van der Waals surface area (Å²) < 4.78 is 40.2. The van der Waals surface area contributed by atoms with Crippen LogP contribution in [-0.2, 0) is 12.7 Å². The van der Waals surface area contributed by atoms with E-state index in [1.807, 2.05) is 21.0 Å². The van der Waals surface area contributed by atoms with E-state index in [0.29, 0.717) is 16.5 Å². The van der Waals surface area contributed by atoms with Crippen LogP contribution in [0.1, 0.15) is 23.2 Å². The van der Waals surface area contributed by atoms with Crippen LogP contribution in [0.15, 0.2) is 30.3 Å². The number of thiocarbonyl (C=S) groups is 1. The minimum atomic E-state index is -4.35. The number of rotatable bonds is 7. The van der Waals surface area contributed by atoms with Gasteiger partial charge in [0.1, 0.15) is 0 Å². The molecule has 1 heterocycles. The standard InChI is InChI=1S/C18H24F3N5S/c1-13-10-16(23-17(27)22-8-5-9-25(2)3)24-26(13)12-14-6-4-7-15(11-14)18(19,20)21/h4,6-7,10-11H,5,8-9,12H2,1-3H3,(H2,22,23,24,27). The SMILES string of the molecule is Cc1cc(NC(=S)NCCCN(C)C)nn1Cc1cccc(C(F)(F)F)c1. The molecule has 0 radical (unpaired) electrons. The molecule has 0 saturated heterocycles. The minimum Gasteiger partial charge on any atom is -0.362 e. The minimum absolute atomic E-state index is 0.250. The monoisotopic (exact) mass is 399 g/mol. The summed E-state index contributed by atoms with van der Waals surface area (Å²) in [6.45, 7) is 3.80. The van der Waals surface area contributed by atoms with E-state index in [1.165, 1.54) is 6.07 Å². The fourth-order valence-corrected chi connectivity index (χ4v) is 2.71. The Balaban J connectivity index is 1.95. The highest BCUT2D eigenvalue weighted by molar-refractivity contribution is 7.80. The zero-order valence-corrected chi connectivity index (χ0v) is 16.4. The van der Waals surface area contributed by atoms with Crippen molar-refractivity contribution in [3.05, 3.63) is 47.2 Å². The van der Waals surface area contributed by atoms with Gasteiger partial charge in [-0.2, -0.15) is 18.3 Å². The number of anilines is 1. The first-order valence-electron chi connectivity index (χ1n) is 8.55. The molecule has 2 rings (SSSR count). The molecule has 0 amide bonds. The number of aryl methyl sites for hydroxylation is 1. The number of hydrogen-bond donors (Lipinski definition) is 2. The molecule has 2 aromatic rings. The van der Waals surface area contributed by atoms with Crippen LogP contribution in [-0.4, -0.2) is 47.0 Å². The molecule has 0 saturated carbocycles. The lowest BCUT2D eigenvalue weighted by Crippen LogP contribution is -2.31. The molecule has 0 spiro atoms. The molecule has 9 heteroatoms. The molecule has 0 aliphatic heterocycles. The Bertz CT molecular complexity index is 771. The van der Waals surface area contributed by atoms with Gasteiger partial charge in [0, 0.05) is 18.3 Å². The lowest BCUT2D eigenvalue weighted by atomic mass is 10.1. The highest BCUT2D eigenvalue weighted by atomic mass is 32.1. The number of benzene rings is 1. The van der Waals surface area contributed by atoms with Crippen molar-refractivity contribution >= 4 is 23.1 Å². The average Bonchev–Trinajstić information content (AvgIpc) is 2.90. The number of nitrogens with zero attached hydrogens (tertiary/aromatic N) is 3. The topological polar surface area (TPSA) is 45.1 Å². The van der Waals surface area contributed by atoms with Gasteiger partial charge >= 0.3 is 6.18 Å². The van der Waals surface area contributed by atoms with Crippen LogP contribution >= 0.6 is 12.2 Å². The molecule has 1 aromatic carbocycles. The third kappa shape index (κ3) is 6.84. The van der Waals surface area contributed by atoms with Gasteiger partial charge in [0.2, 0.25) is 0 Å². The molecule has 0 unspecified atom stereocenters. The Morgan fingerprint density at radius 3 is 2.67 bits per heavy atom. The van der Waals surface area contributed by atoms with Crippen molar-refractivity contribution in [3.8, 4) is 0 Å². The zero-order valence-electron chi connectivity index (χ0n) is 15.6. The second kappa shape index (κ2) is 9.18. The van der Waals surface area contributed by atoms with Gasteiger partial charge in [0.25, 0.3) is 0 Å². The molecule has 2 N–H and O–H groups in total. The van der Waals surface area contributed by atoms with Crippen LogP contribution in [0.3, 0.4) is 0 Å². The molecule has 5 nitrogen and oxygen atoms in total. The van der Waals surface area contributed by atoms with E-state index in [9.17, 15) is 13.2 Å². The van der Waals surface area contributed by atoms with Gasteiger partial charge in [-0.3, -0.25) is 4.68 Å². The first-order chi connectivity index (χ1) is 12.6. The summed E-state index contributed by atoms with van der Waals surface area (Å²) in [6, 6.07) is 7.07. The summed E-state index contributed by atoms with van der Waals surface area (Å²) >= 11 is 5.25. The van der Waals surface area contributed by atoms with Crippen molar-refractivity contribution < 1.29 is 13.2 Å². The summed E-state index contributed by atoms with van der Waals surface area (Å²) in [5, 5.41) is 11.0. The van der Waals surface area contributed by atoms with Crippen LogP contribution in [0.4, 0.5) is 19.0 Å². The Kier molecular flexibility index (Phi) is 7.20. The second-order valence-corrected chi connectivity index (χ2v) is 6.97. The lowest BCUT2D eigenvalue weighted by molar-refractivity contribution is -0.137. The van der Waals surface area contributed by atoms with E-state index in [4.69, 9.17) is 12.2 Å². The van der Waals surface area contributed by atoms with Gasteiger partial charge in [0.05, 0.1) is 12.1 Å². The van der Waals surface area contributed by atoms with Crippen LogP contribution < -0.4 is 10.6 Å². The Hall–Kier alpha value is -2.13. The second-order valence-electron chi connectivity index (χ2n) is 6.56. The summed E-state index contributed by atoms with van der Waals surface area (Å²) in [5.74, 6) is 0.560. The van der Waals surface area contributed by atoms with Crippen LogP contribution in [0.25, 0.3) is 0 Å². The summed E-state index contributed by atoms with van der Waals surface area (Å²) in [5.41, 5.74) is 0.698. The van der Waals surface area contributed by atoms with Crippen molar-refractivity contribution in [2.24, 2.45) is 0 Å². The Labute approximate surface area is 162 Å². The first kappa shape index (κ1) is 21.2. The van der Waals surface area contributed by atoms with Crippen molar-refractivity contribution in [3.63, 3.8) is 0 Å². The molecule has 0 bridgehead atoms. The fourth-order valence-electron chi connectivity index (χ4n) is 2.51. The molecule has 0 aliphatic rings. The van der Waals surface area contributed by atoms with Crippen molar-refractivity contribution in [2.45, 2.75) is 26.1 Å². The maximum atomic E-state index is 12.8. The molecule has 1 aromatic heterocycles. The van der Waals surface area contributed by atoms with Gasteiger partial charge in [-0.05, 0) is 63.9 Å². The third-order valence-electron chi connectivity index (χ3n) is 3.88. The number of alkyl halides is 3. The van der Waals surface area contributed by atoms with Gasteiger partial charge in [-0.1, -0.05) is 12.1 Å². The van der Waals surface area contributed by atoms with Crippen LogP contribution in [0, 0.1) is 6.92 Å². The summed E-state index contributed by atoms with van der Waals surface area (Å²) in [7, 11) is 4.02. The lowest BCUT2D eigenvalue weighted by Gasteiger charge is -2.11. The molecule has 0 atom stereocenters. The van der Waals surface area contributed by atoms with E-state index in [0.717, 1.165) is 37.3 Å². The van der Waals surface area contributed by atoms with Crippen LogP contribution in [0.2, 0.25) is 0 Å². The molecule has 148 valence electrons. The highest BCUT2D eigenvalue weighted by Gasteiger charge is 2.30. The van der Waals surface area contributed by atoms with Gasteiger partial charge in [-0.25, -0.2) is 0 Å². The predicted molar refractivity (Wildman–Crippen MR) is 105 cm³/mol. The number of nitrogens with one attached hydrogen (secondary N) is 2. The molecular weight excluding hydrogens is 375 g/mol. The summed E-state index contributed by atoms with van der Waals surface area (Å²) in [6.07, 6.45) is -3.40. The third-order valence-corrected chi connectivity index (χ3v) is 4.12. The zero-order chi connectivity index (χ0) is 20.0. The number of hydrogen-bond acceptors (Lipinski definition) is 3. The number of halogens is 3. The smallest absolute Gasteiger partial charge is 0.362 e. The highest BCUT2D eigenvalue weighted by Crippen LogP contribution is 2.29. The van der Waals surface area contributed by atoms with E-state index in [2.05, 4.69) is 20.6 Å². The van der Waals surface area contributed by atoms with Crippen molar-refractivity contribution in [2.75, 3.05) is 32.5 Å². The molecule has 0 aliphatic carbocycles. The molecule has 27 heavy (non-hydrogen) atoms. The fraction of sp³-hybridized carbons (Fsp3) is 0.444. The predicted octanol–water partition coefficient (Wildman–Crippen LogP) is 3.50. The van der Waals surface area contributed by atoms with Crippen molar-refractivity contribution in [1.82, 2.24) is 20.0 Å². The van der Waals surface area contributed by atoms with E-state index in [-0.39, 0.29) is 6.54 Å². The first-order valence-corrected chi connectivity index (χ1v) is 8.96. The van der Waals surface area contributed by atoms with Gasteiger partial charge in [0.15, 0.2) is 10.9 Å². The van der Waals surface area contributed by atoms with Gasteiger partial charge in [-0.15, -0.1) is 0 Å². The normalized spacial score (nSPS) is 11.7.